The lowest BCUT2D eigenvalue weighted by atomic mass is 10.1. The lowest BCUT2D eigenvalue weighted by Crippen LogP contribution is -2.43. The summed E-state index contributed by atoms with van der Waals surface area (Å²) in [7, 11) is 2.04. The third kappa shape index (κ3) is 6.60. The number of halogens is 3. The van der Waals surface area contributed by atoms with Crippen molar-refractivity contribution in [3.63, 3.8) is 0 Å². The van der Waals surface area contributed by atoms with Crippen LogP contribution in [0.15, 0.2) is 73.8 Å². The molecule has 1 aliphatic heterocycles. The molecule has 5 rings (SSSR count). The predicted molar refractivity (Wildman–Crippen MR) is 147 cm³/mol. The first-order chi connectivity index (χ1) is 18.7. The average molecular weight is 529 g/mol. The molecule has 0 spiro atoms. The van der Waals surface area contributed by atoms with Gasteiger partial charge in [-0.2, -0.15) is 13.2 Å². The Morgan fingerprint density at radius 1 is 1.00 bits per heavy atom. The molecule has 0 saturated carbocycles. The number of hydrogen-bond acceptors (Lipinski definition) is 6. The number of nitrogens with zero attached hydrogens (tertiary/aromatic N) is 5. The number of aromatic nitrogens is 3. The average Bonchev–Trinajstić information content (AvgIpc) is 2.93. The van der Waals surface area contributed by atoms with E-state index in [4.69, 9.17) is 0 Å². The minimum Gasteiger partial charge on any atom is -0.354 e. The molecule has 3 heterocycles. The Morgan fingerprint density at radius 3 is 2.59 bits per heavy atom. The van der Waals surface area contributed by atoms with Gasteiger partial charge in [-0.3, -0.25) is 9.88 Å². The normalized spacial score (nSPS) is 14.6. The van der Waals surface area contributed by atoms with E-state index in [2.05, 4.69) is 48.5 Å². The number of fused-ring (bicyclic) bond motifs is 1. The Morgan fingerprint density at radius 2 is 1.79 bits per heavy atom. The first-order valence-electron chi connectivity index (χ1n) is 12.5. The summed E-state index contributed by atoms with van der Waals surface area (Å²) in [5.41, 5.74) is 2.18. The SMILES string of the molecule is C=C(Nc1cc(CN2CCN(C)CC2)cc(C(F)(F)F)c1)c1cc(C#Cc2cncc3ccccc23)ncn1. The number of rotatable bonds is 5. The van der Waals surface area contributed by atoms with E-state index in [0.29, 0.717) is 34.9 Å². The Labute approximate surface area is 225 Å². The van der Waals surface area contributed by atoms with Crippen molar-refractivity contribution < 1.29 is 13.2 Å². The molecule has 1 saturated heterocycles. The Bertz CT molecular complexity index is 1560. The molecule has 39 heavy (non-hydrogen) atoms. The molecule has 2 aromatic heterocycles. The second-order valence-electron chi connectivity index (χ2n) is 9.55. The maximum atomic E-state index is 13.7. The van der Waals surface area contributed by atoms with Crippen LogP contribution in [0.2, 0.25) is 0 Å². The summed E-state index contributed by atoms with van der Waals surface area (Å²) in [6.07, 6.45) is 0.372. The fourth-order valence-electron chi connectivity index (χ4n) is 4.46. The highest BCUT2D eigenvalue weighted by Crippen LogP contribution is 2.33. The van der Waals surface area contributed by atoms with Gasteiger partial charge in [0.25, 0.3) is 0 Å². The van der Waals surface area contributed by atoms with Crippen molar-refractivity contribution in [3.05, 3.63) is 102 Å². The van der Waals surface area contributed by atoms with Crippen molar-refractivity contribution in [2.45, 2.75) is 12.7 Å². The fraction of sp³-hybridized carbons (Fsp3) is 0.233. The zero-order valence-corrected chi connectivity index (χ0v) is 21.5. The highest BCUT2D eigenvalue weighted by atomic mass is 19.4. The zero-order chi connectivity index (χ0) is 27.4. The summed E-state index contributed by atoms with van der Waals surface area (Å²) in [6, 6.07) is 13.5. The number of piperazine rings is 1. The van der Waals surface area contributed by atoms with Crippen molar-refractivity contribution in [1.29, 1.82) is 0 Å². The van der Waals surface area contributed by atoms with E-state index in [1.54, 1.807) is 24.5 Å². The van der Waals surface area contributed by atoms with Crippen LogP contribution in [0.5, 0.6) is 0 Å². The molecule has 0 bridgehead atoms. The molecule has 0 aliphatic carbocycles. The number of hydrogen-bond donors (Lipinski definition) is 1. The second kappa shape index (κ2) is 11.2. The second-order valence-corrected chi connectivity index (χ2v) is 9.55. The lowest BCUT2D eigenvalue weighted by Gasteiger charge is -2.32. The van der Waals surface area contributed by atoms with Crippen LogP contribution in [0.3, 0.4) is 0 Å². The van der Waals surface area contributed by atoms with Gasteiger partial charge in [-0.05, 0) is 36.7 Å². The minimum atomic E-state index is -4.47. The first-order valence-corrected chi connectivity index (χ1v) is 12.5. The van der Waals surface area contributed by atoms with Crippen LogP contribution >= 0.6 is 0 Å². The van der Waals surface area contributed by atoms with Crippen molar-refractivity contribution in [3.8, 4) is 11.8 Å². The van der Waals surface area contributed by atoms with Gasteiger partial charge < -0.3 is 10.2 Å². The summed E-state index contributed by atoms with van der Waals surface area (Å²) < 4.78 is 41.1. The summed E-state index contributed by atoms with van der Waals surface area (Å²) >= 11 is 0. The third-order valence-corrected chi connectivity index (χ3v) is 6.59. The molecular formula is C30H27F3N6. The predicted octanol–water partition coefficient (Wildman–Crippen LogP) is 5.27. The van der Waals surface area contributed by atoms with Gasteiger partial charge in [0.2, 0.25) is 0 Å². The van der Waals surface area contributed by atoms with Gasteiger partial charge in [-0.15, -0.1) is 0 Å². The number of alkyl halides is 3. The molecule has 0 unspecified atom stereocenters. The summed E-state index contributed by atoms with van der Waals surface area (Å²) in [6.45, 7) is 7.84. The number of pyridine rings is 1. The van der Waals surface area contributed by atoms with Crippen molar-refractivity contribution in [2.24, 2.45) is 0 Å². The minimum absolute atomic E-state index is 0.298. The van der Waals surface area contributed by atoms with E-state index in [0.717, 1.165) is 48.6 Å². The molecule has 1 N–H and O–H groups in total. The molecule has 1 fully saturated rings. The Hall–Kier alpha value is -4.26. The quantitative estimate of drug-likeness (QED) is 0.356. The summed E-state index contributed by atoms with van der Waals surface area (Å²) in [5, 5.41) is 4.98. The van der Waals surface area contributed by atoms with Crippen molar-refractivity contribution in [1.82, 2.24) is 24.8 Å². The van der Waals surface area contributed by atoms with Gasteiger partial charge in [0, 0.05) is 67.6 Å². The highest BCUT2D eigenvalue weighted by molar-refractivity contribution is 5.87. The fourth-order valence-corrected chi connectivity index (χ4v) is 4.46. The van der Waals surface area contributed by atoms with Gasteiger partial charge in [0.1, 0.15) is 12.0 Å². The van der Waals surface area contributed by atoms with Crippen LogP contribution < -0.4 is 5.32 Å². The molecule has 6 nitrogen and oxygen atoms in total. The van der Waals surface area contributed by atoms with Crippen LogP contribution in [0.25, 0.3) is 16.5 Å². The van der Waals surface area contributed by atoms with Gasteiger partial charge in [-0.1, -0.05) is 36.8 Å². The van der Waals surface area contributed by atoms with Crippen molar-refractivity contribution in [2.75, 3.05) is 38.5 Å². The highest BCUT2D eigenvalue weighted by Gasteiger charge is 2.31. The van der Waals surface area contributed by atoms with E-state index in [9.17, 15) is 13.2 Å². The van der Waals surface area contributed by atoms with E-state index >= 15 is 0 Å². The van der Waals surface area contributed by atoms with Crippen LogP contribution in [0.4, 0.5) is 18.9 Å². The van der Waals surface area contributed by atoms with Crippen LogP contribution in [0, 0.1) is 11.8 Å². The maximum Gasteiger partial charge on any atom is 0.416 e. The van der Waals surface area contributed by atoms with Gasteiger partial charge in [-0.25, -0.2) is 9.97 Å². The van der Waals surface area contributed by atoms with E-state index in [1.165, 1.54) is 12.4 Å². The Kier molecular flexibility index (Phi) is 7.59. The van der Waals surface area contributed by atoms with Gasteiger partial charge in [0.05, 0.1) is 22.5 Å². The number of nitrogens with one attached hydrogen (secondary N) is 1. The van der Waals surface area contributed by atoms with E-state index in [-0.39, 0.29) is 0 Å². The molecule has 0 atom stereocenters. The van der Waals surface area contributed by atoms with E-state index in [1.807, 2.05) is 31.3 Å². The first kappa shape index (κ1) is 26.4. The summed E-state index contributed by atoms with van der Waals surface area (Å²) in [4.78, 5) is 17.1. The lowest BCUT2D eigenvalue weighted by molar-refractivity contribution is -0.137. The monoisotopic (exact) mass is 528 g/mol. The van der Waals surface area contributed by atoms with E-state index < -0.39 is 11.7 Å². The van der Waals surface area contributed by atoms with Crippen LogP contribution in [-0.2, 0) is 12.7 Å². The van der Waals surface area contributed by atoms with Crippen LogP contribution in [0.1, 0.15) is 28.1 Å². The maximum absolute atomic E-state index is 13.7. The number of anilines is 1. The largest absolute Gasteiger partial charge is 0.416 e. The van der Waals surface area contributed by atoms with Gasteiger partial charge >= 0.3 is 6.18 Å². The van der Waals surface area contributed by atoms with Crippen molar-refractivity contribution >= 4 is 22.2 Å². The number of benzene rings is 2. The number of likely N-dealkylation sites (N-methyl/N-ethyl adjacent to an activating group) is 1. The zero-order valence-electron chi connectivity index (χ0n) is 21.5. The molecule has 2 aromatic carbocycles. The topological polar surface area (TPSA) is 57.2 Å². The molecule has 9 heteroatoms. The standard InChI is InChI=1S/C30H27F3N6/c1-21(29-16-26(35-20-36-29)8-7-24-18-34-17-23-5-3-4-6-28(23)24)37-27-14-22(13-25(15-27)30(31,32)33)19-39-11-9-38(2)10-12-39/h3-6,13-18,20,37H,1,9-12,19H2,2H3. The molecular weight excluding hydrogens is 501 g/mol. The molecule has 1 aliphatic rings. The molecule has 198 valence electrons. The molecule has 4 aromatic rings. The molecule has 0 radical (unpaired) electrons. The summed E-state index contributed by atoms with van der Waals surface area (Å²) in [5.74, 6) is 6.14. The van der Waals surface area contributed by atoms with Crippen LogP contribution in [-0.4, -0.2) is 58.0 Å². The van der Waals surface area contributed by atoms with Gasteiger partial charge in [0.15, 0.2) is 0 Å². The third-order valence-electron chi connectivity index (χ3n) is 6.59. The molecule has 0 amide bonds. The smallest absolute Gasteiger partial charge is 0.354 e. The Balaban J connectivity index is 1.36.